The number of hydrogen-bond donors (Lipinski definition) is 1. The van der Waals surface area contributed by atoms with Gasteiger partial charge in [0.05, 0.1) is 17.7 Å². The first kappa shape index (κ1) is 30.7. The molecule has 3 aromatic carbocycles. The quantitative estimate of drug-likeness (QED) is 0.299. The molecule has 1 atom stereocenters. The van der Waals surface area contributed by atoms with Crippen LogP contribution in [0.1, 0.15) is 38.2 Å². The lowest BCUT2D eigenvalue weighted by Crippen LogP contribution is -2.52. The maximum absolute atomic E-state index is 14.1. The first-order chi connectivity index (χ1) is 19.6. The van der Waals surface area contributed by atoms with Crippen molar-refractivity contribution in [2.45, 2.75) is 56.1 Å². The summed E-state index contributed by atoms with van der Waals surface area (Å²) in [4.78, 5) is 28.8. The Morgan fingerprint density at radius 1 is 0.951 bits per heavy atom. The zero-order valence-corrected chi connectivity index (χ0v) is 25.3. The van der Waals surface area contributed by atoms with E-state index in [1.54, 1.807) is 67.6 Å². The number of hydrogen-bond acceptors (Lipinski definition) is 5. The third kappa shape index (κ3) is 7.33. The maximum Gasteiger partial charge on any atom is 0.264 e. The van der Waals surface area contributed by atoms with E-state index in [9.17, 15) is 18.0 Å². The van der Waals surface area contributed by atoms with Gasteiger partial charge < -0.3 is 15.0 Å². The number of nitrogens with zero attached hydrogens (tertiary/aromatic N) is 2. The van der Waals surface area contributed by atoms with Gasteiger partial charge in [-0.1, -0.05) is 60.3 Å². The number of nitrogens with one attached hydrogen (secondary N) is 1. The van der Waals surface area contributed by atoms with E-state index in [0.717, 1.165) is 30.0 Å². The number of methoxy groups -OCH3 is 1. The van der Waals surface area contributed by atoms with Crippen molar-refractivity contribution in [1.29, 1.82) is 0 Å². The Morgan fingerprint density at radius 3 is 2.15 bits per heavy atom. The third-order valence-corrected chi connectivity index (χ3v) is 9.73. The van der Waals surface area contributed by atoms with Gasteiger partial charge in [-0.15, -0.1) is 0 Å². The fourth-order valence-corrected chi connectivity index (χ4v) is 6.78. The topological polar surface area (TPSA) is 96.0 Å². The zero-order valence-electron chi connectivity index (χ0n) is 22.9. The molecule has 1 N–H and O–H groups in total. The summed E-state index contributed by atoms with van der Waals surface area (Å²) < 4.78 is 34.0. The normalized spacial score (nSPS) is 14.3. The largest absolute Gasteiger partial charge is 0.497 e. The predicted octanol–water partition coefficient (Wildman–Crippen LogP) is 5.67. The summed E-state index contributed by atoms with van der Waals surface area (Å²) in [7, 11) is -2.66. The minimum atomic E-state index is -4.16. The molecule has 3 aromatic rings. The maximum atomic E-state index is 14.1. The van der Waals surface area contributed by atoms with Gasteiger partial charge in [0, 0.05) is 28.2 Å². The minimum absolute atomic E-state index is 0.0244. The minimum Gasteiger partial charge on any atom is -0.497 e. The number of carbonyl (C=O) groups is 2. The lowest BCUT2D eigenvalue weighted by Gasteiger charge is -2.33. The van der Waals surface area contributed by atoms with Gasteiger partial charge in [-0.3, -0.25) is 13.9 Å². The number of halogens is 2. The van der Waals surface area contributed by atoms with Crippen LogP contribution < -0.4 is 14.4 Å². The van der Waals surface area contributed by atoms with Crippen molar-refractivity contribution in [3.8, 4) is 5.75 Å². The lowest BCUT2D eigenvalue weighted by molar-refractivity contribution is -0.139. The van der Waals surface area contributed by atoms with Crippen LogP contribution in [0, 0.1) is 0 Å². The third-order valence-electron chi connectivity index (χ3n) is 7.23. The first-order valence-corrected chi connectivity index (χ1v) is 15.6. The Balaban J connectivity index is 1.71. The Kier molecular flexibility index (Phi) is 10.2. The predicted molar refractivity (Wildman–Crippen MR) is 161 cm³/mol. The molecule has 2 amide bonds. The monoisotopic (exact) mass is 617 g/mol. The molecule has 0 unspecified atom stereocenters. The van der Waals surface area contributed by atoms with E-state index in [-0.39, 0.29) is 29.1 Å². The second kappa shape index (κ2) is 13.6. The number of amides is 2. The van der Waals surface area contributed by atoms with Crippen molar-refractivity contribution in [1.82, 2.24) is 10.2 Å². The molecular weight excluding hydrogens is 585 g/mol. The molecule has 1 aliphatic carbocycles. The van der Waals surface area contributed by atoms with Crippen LogP contribution in [0.3, 0.4) is 0 Å². The fraction of sp³-hybridized carbons (Fsp3) is 0.333. The van der Waals surface area contributed by atoms with E-state index >= 15 is 0 Å². The Labute approximate surface area is 251 Å². The van der Waals surface area contributed by atoms with Crippen LogP contribution in [0.2, 0.25) is 10.0 Å². The highest BCUT2D eigenvalue weighted by molar-refractivity contribution is 7.92. The van der Waals surface area contributed by atoms with Gasteiger partial charge in [-0.05, 0) is 68.3 Å². The molecular formula is C30H33Cl2N3O5S. The van der Waals surface area contributed by atoms with Gasteiger partial charge in [0.15, 0.2) is 0 Å². The highest BCUT2D eigenvalue weighted by Crippen LogP contribution is 2.29. The van der Waals surface area contributed by atoms with Crippen LogP contribution in [0.25, 0.3) is 0 Å². The summed E-state index contributed by atoms with van der Waals surface area (Å²) in [6.45, 7) is 0.974. The fourth-order valence-electron chi connectivity index (χ4n) is 4.83. The van der Waals surface area contributed by atoms with Crippen molar-refractivity contribution in [2.75, 3.05) is 18.0 Å². The molecule has 1 fully saturated rings. The van der Waals surface area contributed by atoms with Crippen LogP contribution in [0.15, 0.2) is 77.7 Å². The molecule has 4 rings (SSSR count). The van der Waals surface area contributed by atoms with Crippen LogP contribution >= 0.6 is 23.2 Å². The molecule has 218 valence electrons. The smallest absolute Gasteiger partial charge is 0.264 e. The van der Waals surface area contributed by atoms with Crippen LogP contribution in [-0.2, 0) is 26.2 Å². The van der Waals surface area contributed by atoms with Gasteiger partial charge in [-0.2, -0.15) is 0 Å². The summed E-state index contributed by atoms with van der Waals surface area (Å²) in [6.07, 6.45) is 3.82. The van der Waals surface area contributed by atoms with Gasteiger partial charge in [0.2, 0.25) is 11.8 Å². The average molecular weight is 619 g/mol. The van der Waals surface area contributed by atoms with Crippen LogP contribution in [0.4, 0.5) is 5.69 Å². The zero-order chi connectivity index (χ0) is 29.6. The molecule has 0 radical (unpaired) electrons. The first-order valence-electron chi connectivity index (χ1n) is 13.4. The Bertz CT molecular complexity index is 1440. The number of carbonyl (C=O) groups excluding carboxylic acids is 2. The molecule has 0 heterocycles. The average Bonchev–Trinajstić information content (AvgIpc) is 3.49. The summed E-state index contributed by atoms with van der Waals surface area (Å²) in [5.41, 5.74) is 0.730. The molecule has 41 heavy (non-hydrogen) atoms. The summed E-state index contributed by atoms with van der Waals surface area (Å²) in [5.74, 6) is -0.384. The van der Waals surface area contributed by atoms with Gasteiger partial charge in [-0.25, -0.2) is 8.42 Å². The van der Waals surface area contributed by atoms with E-state index in [1.807, 2.05) is 0 Å². The Morgan fingerprint density at radius 2 is 1.56 bits per heavy atom. The Hall–Kier alpha value is -3.27. The lowest BCUT2D eigenvalue weighted by atomic mass is 10.1. The molecule has 0 saturated heterocycles. The highest BCUT2D eigenvalue weighted by Gasteiger charge is 2.34. The number of benzene rings is 3. The van der Waals surface area contributed by atoms with Crippen molar-refractivity contribution in [3.05, 3.63) is 88.4 Å². The molecule has 1 saturated carbocycles. The second-order valence-electron chi connectivity index (χ2n) is 9.91. The summed E-state index contributed by atoms with van der Waals surface area (Å²) >= 11 is 12.9. The number of anilines is 1. The SMILES string of the molecule is COc1ccc(N(CC(=O)N(Cc2c(Cl)cccc2Cl)[C@@H](C)C(=O)NC2CCCC2)S(=O)(=O)c2ccccc2)cc1. The van der Waals surface area contributed by atoms with E-state index in [0.29, 0.717) is 21.4 Å². The molecule has 8 nitrogen and oxygen atoms in total. The van der Waals surface area contributed by atoms with Crippen molar-refractivity contribution >= 4 is 50.7 Å². The number of ether oxygens (including phenoxy) is 1. The van der Waals surface area contributed by atoms with Crippen molar-refractivity contribution < 1.29 is 22.7 Å². The molecule has 1 aliphatic rings. The molecule has 0 bridgehead atoms. The van der Waals surface area contributed by atoms with Crippen molar-refractivity contribution in [2.24, 2.45) is 0 Å². The van der Waals surface area contributed by atoms with Gasteiger partial charge in [0.25, 0.3) is 10.0 Å². The summed E-state index contributed by atoms with van der Waals surface area (Å²) in [6, 6.07) is 18.4. The van der Waals surface area contributed by atoms with Gasteiger partial charge in [0.1, 0.15) is 18.3 Å². The number of sulfonamides is 1. The summed E-state index contributed by atoms with van der Waals surface area (Å²) in [5, 5.41) is 3.71. The molecule has 0 spiro atoms. The van der Waals surface area contributed by atoms with E-state index < -0.39 is 28.5 Å². The highest BCUT2D eigenvalue weighted by atomic mass is 35.5. The second-order valence-corrected chi connectivity index (χ2v) is 12.6. The standard InChI is InChI=1S/C30H33Cl2N3O5S/c1-21(30(37)33-22-9-6-7-10-22)34(19-26-27(31)13-8-14-28(26)32)29(36)20-35(23-15-17-24(40-2)18-16-23)41(38,39)25-11-4-3-5-12-25/h3-5,8,11-18,21-22H,6-7,9-10,19-20H2,1-2H3,(H,33,37)/t21-/m0/s1. The van der Waals surface area contributed by atoms with E-state index in [4.69, 9.17) is 27.9 Å². The number of rotatable bonds is 11. The van der Waals surface area contributed by atoms with E-state index in [2.05, 4.69) is 5.32 Å². The van der Waals surface area contributed by atoms with Crippen molar-refractivity contribution in [3.63, 3.8) is 0 Å². The van der Waals surface area contributed by atoms with E-state index in [1.165, 1.54) is 24.1 Å². The molecule has 11 heteroatoms. The van der Waals surface area contributed by atoms with Gasteiger partial charge >= 0.3 is 0 Å². The van der Waals surface area contributed by atoms with Crippen LogP contribution in [-0.4, -0.2) is 50.9 Å². The molecule has 0 aliphatic heterocycles. The molecule has 0 aromatic heterocycles. The van der Waals surface area contributed by atoms with Crippen LogP contribution in [0.5, 0.6) is 5.75 Å².